The van der Waals surface area contributed by atoms with Crippen LogP contribution in [0.25, 0.3) is 86.6 Å². The highest BCUT2D eigenvalue weighted by Gasteiger charge is 2.39. The molecular formula is C57H39NOS. The van der Waals surface area contributed by atoms with Crippen molar-refractivity contribution in [1.29, 1.82) is 0 Å². The van der Waals surface area contributed by atoms with Gasteiger partial charge in [0.2, 0.25) is 0 Å². The molecule has 2 heterocycles. The van der Waals surface area contributed by atoms with Gasteiger partial charge in [0.15, 0.2) is 0 Å². The second-order valence-electron chi connectivity index (χ2n) is 16.4. The number of hydrogen-bond acceptors (Lipinski definition) is 3. The molecule has 0 fully saturated rings. The van der Waals surface area contributed by atoms with E-state index in [9.17, 15) is 0 Å². The van der Waals surface area contributed by atoms with Crippen LogP contribution in [-0.4, -0.2) is 0 Å². The zero-order chi connectivity index (χ0) is 40.0. The van der Waals surface area contributed by atoms with Crippen molar-refractivity contribution in [2.75, 3.05) is 4.90 Å². The number of anilines is 3. The molecular weight excluding hydrogens is 747 g/mol. The topological polar surface area (TPSA) is 16.4 Å². The predicted molar refractivity (Wildman–Crippen MR) is 255 cm³/mol. The zero-order valence-electron chi connectivity index (χ0n) is 33.3. The van der Waals surface area contributed by atoms with Crippen LogP contribution < -0.4 is 4.90 Å². The van der Waals surface area contributed by atoms with Gasteiger partial charge in [-0.3, -0.25) is 0 Å². The number of fused-ring (bicyclic) bond motifs is 9. The van der Waals surface area contributed by atoms with E-state index in [1.54, 1.807) is 0 Å². The Morgan fingerprint density at radius 3 is 1.87 bits per heavy atom. The minimum atomic E-state index is -0.228. The van der Waals surface area contributed by atoms with Gasteiger partial charge in [-0.15, -0.1) is 11.3 Å². The molecule has 0 amide bonds. The maximum absolute atomic E-state index is 7.07. The number of rotatable bonds is 6. The third kappa shape index (κ3) is 5.19. The monoisotopic (exact) mass is 785 g/mol. The molecule has 2 aromatic heterocycles. The Bertz CT molecular complexity index is 3460. The lowest BCUT2D eigenvalue weighted by Crippen LogP contribution is -2.20. The van der Waals surface area contributed by atoms with Gasteiger partial charge in [-0.25, -0.2) is 0 Å². The molecule has 12 rings (SSSR count). The summed E-state index contributed by atoms with van der Waals surface area (Å²) in [5.41, 5.74) is 17.1. The maximum atomic E-state index is 7.07. The van der Waals surface area contributed by atoms with Gasteiger partial charge >= 0.3 is 0 Å². The molecule has 0 saturated carbocycles. The summed E-state index contributed by atoms with van der Waals surface area (Å²) in [5.74, 6) is 0. The molecule has 0 unspecified atom stereocenters. The predicted octanol–water partition coefficient (Wildman–Crippen LogP) is 16.7. The number of benzene rings is 9. The first-order valence-corrected chi connectivity index (χ1v) is 21.5. The average molecular weight is 786 g/mol. The van der Waals surface area contributed by atoms with Gasteiger partial charge in [0.1, 0.15) is 11.2 Å². The van der Waals surface area contributed by atoms with Crippen molar-refractivity contribution in [3.8, 4) is 44.5 Å². The summed E-state index contributed by atoms with van der Waals surface area (Å²) in [4.78, 5) is 2.49. The van der Waals surface area contributed by atoms with Crippen molar-refractivity contribution in [3.05, 3.63) is 211 Å². The number of thiophene rings is 1. The van der Waals surface area contributed by atoms with Crippen LogP contribution in [0.4, 0.5) is 17.1 Å². The number of para-hydroxylation sites is 1. The molecule has 0 radical (unpaired) electrons. The lowest BCUT2D eigenvalue weighted by atomic mass is 9.81. The van der Waals surface area contributed by atoms with Gasteiger partial charge < -0.3 is 9.32 Å². The first-order chi connectivity index (χ1) is 29.5. The normalized spacial score (nSPS) is 13.0. The minimum absolute atomic E-state index is 0.228. The molecule has 1 aliphatic carbocycles. The van der Waals surface area contributed by atoms with Gasteiger partial charge in [0.25, 0.3) is 0 Å². The number of hydrogen-bond donors (Lipinski definition) is 0. The van der Waals surface area contributed by atoms with Gasteiger partial charge in [-0.2, -0.15) is 0 Å². The summed E-state index contributed by atoms with van der Waals surface area (Å²) in [7, 11) is 0. The Morgan fingerprint density at radius 1 is 0.417 bits per heavy atom. The summed E-state index contributed by atoms with van der Waals surface area (Å²) in [6, 6.07) is 72.9. The molecule has 284 valence electrons. The Hall–Kier alpha value is -7.20. The molecule has 0 atom stereocenters. The molecule has 0 bridgehead atoms. The highest BCUT2D eigenvalue weighted by Crippen LogP contribution is 2.56. The fourth-order valence-electron chi connectivity index (χ4n) is 10.0. The Morgan fingerprint density at radius 2 is 1.03 bits per heavy atom. The first kappa shape index (κ1) is 34.8. The van der Waals surface area contributed by atoms with Crippen molar-refractivity contribution in [2.45, 2.75) is 19.3 Å². The highest BCUT2D eigenvalue weighted by atomic mass is 32.1. The fourth-order valence-corrected chi connectivity index (χ4v) is 11.1. The number of nitrogens with zero attached hydrogens (tertiary/aromatic N) is 1. The van der Waals surface area contributed by atoms with Crippen molar-refractivity contribution in [3.63, 3.8) is 0 Å². The SMILES string of the molecule is CC1(C)c2ccccc2-c2cccc(N(c3ccc(-c4ccccc4)cc3)c3ccc(-c4ccccc4-c4cccc5sc6ccccc6c45)c4oc5ccccc5c34)c21. The largest absolute Gasteiger partial charge is 0.455 e. The third-order valence-corrected chi connectivity index (χ3v) is 13.8. The second kappa shape index (κ2) is 13.4. The van der Waals surface area contributed by atoms with Gasteiger partial charge in [-0.05, 0) is 98.6 Å². The van der Waals surface area contributed by atoms with Crippen molar-refractivity contribution < 1.29 is 4.42 Å². The smallest absolute Gasteiger partial charge is 0.145 e. The van der Waals surface area contributed by atoms with E-state index in [4.69, 9.17) is 4.42 Å². The van der Waals surface area contributed by atoms with Crippen LogP contribution in [0, 0.1) is 0 Å². The standard InChI is InChI=1S/C57H39NOS/c1-57(2)47-25-11-8-20-41(47)43-24-14-26-49(55(43)57)58(38-32-30-37(31-33-38)36-16-4-3-5-17-36)48-35-34-44(56-54(48)45-21-9-12-27-50(45)59-56)40-19-7-6-18-39(40)42-23-15-29-52-53(42)46-22-10-13-28-51(46)60-52/h3-35H,1-2H3. The molecule has 3 heteroatoms. The average Bonchev–Trinajstić information content (AvgIpc) is 3.96. The molecule has 0 aliphatic heterocycles. The van der Waals surface area contributed by atoms with Crippen molar-refractivity contribution in [1.82, 2.24) is 0 Å². The van der Waals surface area contributed by atoms with E-state index < -0.39 is 0 Å². The van der Waals surface area contributed by atoms with E-state index >= 15 is 0 Å². The first-order valence-electron chi connectivity index (χ1n) is 20.7. The summed E-state index contributed by atoms with van der Waals surface area (Å²) >= 11 is 1.86. The van der Waals surface area contributed by atoms with E-state index in [-0.39, 0.29) is 5.41 Å². The van der Waals surface area contributed by atoms with Crippen molar-refractivity contribution in [2.24, 2.45) is 0 Å². The molecule has 60 heavy (non-hydrogen) atoms. The molecule has 9 aromatic carbocycles. The van der Waals surface area contributed by atoms with E-state index in [0.717, 1.165) is 50.1 Å². The Labute approximate surface area is 353 Å². The van der Waals surface area contributed by atoms with Crippen LogP contribution in [0.15, 0.2) is 205 Å². The van der Waals surface area contributed by atoms with Gasteiger partial charge in [-0.1, -0.05) is 166 Å². The van der Waals surface area contributed by atoms with E-state index in [1.807, 2.05) is 11.3 Å². The van der Waals surface area contributed by atoms with E-state index in [1.165, 1.54) is 64.7 Å². The minimum Gasteiger partial charge on any atom is -0.455 e. The van der Waals surface area contributed by atoms with Crippen LogP contribution >= 0.6 is 11.3 Å². The lowest BCUT2D eigenvalue weighted by molar-refractivity contribution is 0.661. The summed E-state index contributed by atoms with van der Waals surface area (Å²) < 4.78 is 9.67. The quantitative estimate of drug-likeness (QED) is 0.167. The van der Waals surface area contributed by atoms with Crippen LogP contribution in [-0.2, 0) is 5.41 Å². The summed E-state index contributed by atoms with van der Waals surface area (Å²) in [6.45, 7) is 4.75. The Kier molecular flexibility index (Phi) is 7.79. The Balaban J connectivity index is 1.13. The van der Waals surface area contributed by atoms with Crippen LogP contribution in [0.3, 0.4) is 0 Å². The maximum Gasteiger partial charge on any atom is 0.145 e. The zero-order valence-corrected chi connectivity index (χ0v) is 34.1. The molecule has 0 spiro atoms. The molecule has 11 aromatic rings. The highest BCUT2D eigenvalue weighted by molar-refractivity contribution is 7.25. The lowest BCUT2D eigenvalue weighted by Gasteiger charge is -2.33. The molecule has 2 nitrogen and oxygen atoms in total. The van der Waals surface area contributed by atoms with Gasteiger partial charge in [0, 0.05) is 42.2 Å². The molecule has 0 N–H and O–H groups in total. The van der Waals surface area contributed by atoms with Crippen LogP contribution in [0.5, 0.6) is 0 Å². The van der Waals surface area contributed by atoms with E-state index in [2.05, 4.69) is 219 Å². The molecule has 1 aliphatic rings. The third-order valence-electron chi connectivity index (χ3n) is 12.7. The molecule has 0 saturated heterocycles. The summed E-state index contributed by atoms with van der Waals surface area (Å²) in [5, 5.41) is 4.78. The van der Waals surface area contributed by atoms with Crippen LogP contribution in [0.2, 0.25) is 0 Å². The van der Waals surface area contributed by atoms with Crippen LogP contribution in [0.1, 0.15) is 25.0 Å². The van der Waals surface area contributed by atoms with E-state index in [0.29, 0.717) is 0 Å². The second-order valence-corrected chi connectivity index (χ2v) is 17.5. The van der Waals surface area contributed by atoms with Crippen molar-refractivity contribution >= 4 is 70.5 Å². The number of furan rings is 1. The fraction of sp³-hybridized carbons (Fsp3) is 0.0526. The van der Waals surface area contributed by atoms with Gasteiger partial charge in [0.05, 0.1) is 16.8 Å². The summed E-state index contributed by atoms with van der Waals surface area (Å²) in [6.07, 6.45) is 0.